The van der Waals surface area contributed by atoms with Gasteiger partial charge in [0.05, 0.1) is 6.61 Å². The molecule has 0 aliphatic heterocycles. The highest BCUT2D eigenvalue weighted by atomic mass is 16.6. The maximum absolute atomic E-state index is 12.0. The molecule has 0 aromatic carbocycles. The van der Waals surface area contributed by atoms with E-state index in [0.29, 0.717) is 12.8 Å². The molecule has 0 aliphatic rings. The van der Waals surface area contributed by atoms with Crippen LogP contribution in [0.15, 0.2) is 12.2 Å². The van der Waals surface area contributed by atoms with Crippen LogP contribution in [0.3, 0.4) is 0 Å². The summed E-state index contributed by atoms with van der Waals surface area (Å²) in [7, 11) is 0. The minimum Gasteiger partial charge on any atom is -0.462 e. The second kappa shape index (κ2) is 28.2. The number of hydrogen-bond donors (Lipinski definition) is 1. The first-order chi connectivity index (χ1) is 17.6. The zero-order valence-electron chi connectivity index (χ0n) is 23.8. The van der Waals surface area contributed by atoms with Crippen molar-refractivity contribution in [3.63, 3.8) is 0 Å². The minimum atomic E-state index is -0.764. The summed E-state index contributed by atoms with van der Waals surface area (Å²) in [5, 5.41) is 9.44. The van der Waals surface area contributed by atoms with Gasteiger partial charge in [0.2, 0.25) is 0 Å². The number of unbranched alkanes of at least 4 members (excludes halogenated alkanes) is 17. The van der Waals surface area contributed by atoms with Crippen LogP contribution in [0.4, 0.5) is 0 Å². The number of hydrogen-bond acceptors (Lipinski definition) is 5. The molecule has 0 heterocycles. The van der Waals surface area contributed by atoms with Crippen LogP contribution < -0.4 is 0 Å². The van der Waals surface area contributed by atoms with Gasteiger partial charge in [0.1, 0.15) is 6.61 Å². The van der Waals surface area contributed by atoms with Crippen LogP contribution in [0.25, 0.3) is 0 Å². The smallest absolute Gasteiger partial charge is 0.306 e. The SMILES string of the molecule is CCCCCC/C=C/CCCCCCCC(=O)OC[C@H](CO)OC(=O)CCCCCCCCCCC. The molecular weight excluding hydrogens is 452 g/mol. The van der Waals surface area contributed by atoms with Crippen LogP contribution in [0.1, 0.15) is 155 Å². The number of carbonyl (C=O) groups is 2. The number of aliphatic hydroxyl groups excluding tert-OH is 1. The highest BCUT2D eigenvalue weighted by molar-refractivity contribution is 5.70. The number of carbonyl (C=O) groups excluding carboxylic acids is 2. The molecule has 0 aromatic heterocycles. The van der Waals surface area contributed by atoms with E-state index in [4.69, 9.17) is 9.47 Å². The molecule has 0 radical (unpaired) electrons. The highest BCUT2D eigenvalue weighted by Gasteiger charge is 2.16. The molecule has 36 heavy (non-hydrogen) atoms. The van der Waals surface area contributed by atoms with E-state index in [2.05, 4.69) is 26.0 Å². The summed E-state index contributed by atoms with van der Waals surface area (Å²) in [4.78, 5) is 23.9. The Morgan fingerprint density at radius 2 is 1.03 bits per heavy atom. The van der Waals surface area contributed by atoms with Gasteiger partial charge < -0.3 is 14.6 Å². The Hall–Kier alpha value is -1.36. The van der Waals surface area contributed by atoms with Crippen molar-refractivity contribution < 1.29 is 24.2 Å². The Kier molecular flexibility index (Phi) is 27.1. The summed E-state index contributed by atoms with van der Waals surface area (Å²) in [6, 6.07) is 0. The lowest BCUT2D eigenvalue weighted by Gasteiger charge is -2.15. The molecule has 0 fully saturated rings. The lowest BCUT2D eigenvalue weighted by Crippen LogP contribution is -2.28. The lowest BCUT2D eigenvalue weighted by atomic mass is 10.1. The number of aliphatic hydroxyl groups is 1. The van der Waals surface area contributed by atoms with E-state index >= 15 is 0 Å². The molecule has 0 aromatic rings. The third-order valence-corrected chi connectivity index (χ3v) is 6.56. The first-order valence-corrected chi connectivity index (χ1v) is 15.2. The Labute approximate surface area is 222 Å². The maximum atomic E-state index is 12.0. The zero-order chi connectivity index (χ0) is 26.5. The van der Waals surface area contributed by atoms with E-state index < -0.39 is 6.10 Å². The molecule has 0 rings (SSSR count). The minimum absolute atomic E-state index is 0.0659. The topological polar surface area (TPSA) is 72.8 Å². The van der Waals surface area contributed by atoms with Crippen molar-refractivity contribution in [3.8, 4) is 0 Å². The van der Waals surface area contributed by atoms with Gasteiger partial charge in [-0.05, 0) is 38.5 Å². The Bertz CT molecular complexity index is 517. The predicted molar refractivity (Wildman–Crippen MR) is 150 cm³/mol. The van der Waals surface area contributed by atoms with Gasteiger partial charge >= 0.3 is 11.9 Å². The molecule has 0 aliphatic carbocycles. The summed E-state index contributed by atoms with van der Waals surface area (Å²) in [5.41, 5.74) is 0. The van der Waals surface area contributed by atoms with Crippen LogP contribution in [0.2, 0.25) is 0 Å². The van der Waals surface area contributed by atoms with Gasteiger partial charge in [-0.25, -0.2) is 0 Å². The molecule has 0 bridgehead atoms. The van der Waals surface area contributed by atoms with Crippen molar-refractivity contribution in [1.29, 1.82) is 0 Å². The van der Waals surface area contributed by atoms with Gasteiger partial charge in [-0.2, -0.15) is 0 Å². The van der Waals surface area contributed by atoms with E-state index in [1.165, 1.54) is 83.5 Å². The summed E-state index contributed by atoms with van der Waals surface area (Å²) >= 11 is 0. The average molecular weight is 511 g/mol. The fourth-order valence-electron chi connectivity index (χ4n) is 4.19. The second-order valence-electron chi connectivity index (χ2n) is 10.2. The Balaban J connectivity index is 3.60. The predicted octanol–water partition coefficient (Wildman–Crippen LogP) is 8.61. The van der Waals surface area contributed by atoms with E-state index in [-0.39, 0.29) is 25.2 Å². The molecule has 1 N–H and O–H groups in total. The lowest BCUT2D eigenvalue weighted by molar-refractivity contribution is -0.161. The van der Waals surface area contributed by atoms with Crippen LogP contribution in [0.5, 0.6) is 0 Å². The van der Waals surface area contributed by atoms with Crippen LogP contribution in [-0.4, -0.2) is 36.4 Å². The fourth-order valence-corrected chi connectivity index (χ4v) is 4.19. The second-order valence-corrected chi connectivity index (χ2v) is 10.2. The van der Waals surface area contributed by atoms with Crippen molar-refractivity contribution in [1.82, 2.24) is 0 Å². The molecule has 5 nitrogen and oxygen atoms in total. The van der Waals surface area contributed by atoms with Gasteiger partial charge in [-0.1, -0.05) is 116 Å². The third-order valence-electron chi connectivity index (χ3n) is 6.56. The van der Waals surface area contributed by atoms with E-state index in [1.807, 2.05) is 0 Å². The van der Waals surface area contributed by atoms with Crippen LogP contribution in [-0.2, 0) is 19.1 Å². The Morgan fingerprint density at radius 1 is 0.611 bits per heavy atom. The van der Waals surface area contributed by atoms with Crippen molar-refractivity contribution in [3.05, 3.63) is 12.2 Å². The number of rotatable bonds is 27. The summed E-state index contributed by atoms with van der Waals surface area (Å²) < 4.78 is 10.5. The molecule has 0 amide bonds. The molecule has 0 saturated carbocycles. The van der Waals surface area contributed by atoms with Gasteiger partial charge in [0, 0.05) is 12.8 Å². The monoisotopic (exact) mass is 510 g/mol. The first-order valence-electron chi connectivity index (χ1n) is 15.2. The number of esters is 2. The molecular formula is C31H58O5. The summed E-state index contributed by atoms with van der Waals surface area (Å²) in [6.45, 7) is 4.07. The number of allylic oxidation sites excluding steroid dienone is 2. The van der Waals surface area contributed by atoms with E-state index in [0.717, 1.165) is 44.9 Å². The van der Waals surface area contributed by atoms with Gasteiger partial charge in [-0.3, -0.25) is 9.59 Å². The molecule has 0 spiro atoms. The first kappa shape index (κ1) is 34.6. The zero-order valence-corrected chi connectivity index (χ0v) is 23.8. The van der Waals surface area contributed by atoms with Gasteiger partial charge in [0.25, 0.3) is 0 Å². The molecule has 1 atom stereocenters. The maximum Gasteiger partial charge on any atom is 0.306 e. The van der Waals surface area contributed by atoms with Crippen molar-refractivity contribution in [2.45, 2.75) is 161 Å². The molecule has 0 saturated heterocycles. The number of ether oxygens (including phenoxy) is 2. The van der Waals surface area contributed by atoms with Crippen LogP contribution >= 0.6 is 0 Å². The van der Waals surface area contributed by atoms with Gasteiger partial charge in [-0.15, -0.1) is 0 Å². The Morgan fingerprint density at radius 3 is 1.53 bits per heavy atom. The average Bonchev–Trinajstić information content (AvgIpc) is 2.88. The fraction of sp³-hybridized carbons (Fsp3) is 0.871. The largest absolute Gasteiger partial charge is 0.462 e. The molecule has 5 heteroatoms. The quantitative estimate of drug-likeness (QED) is 0.0680. The molecule has 0 unspecified atom stereocenters. The summed E-state index contributed by atoms with van der Waals surface area (Å²) in [5.74, 6) is -0.603. The van der Waals surface area contributed by atoms with Gasteiger partial charge in [0.15, 0.2) is 6.10 Å². The van der Waals surface area contributed by atoms with E-state index in [9.17, 15) is 14.7 Å². The van der Waals surface area contributed by atoms with Crippen molar-refractivity contribution in [2.24, 2.45) is 0 Å². The summed E-state index contributed by atoms with van der Waals surface area (Å²) in [6.07, 6.45) is 28.3. The standard InChI is InChI=1S/C31H58O5/c1-3-5-7-9-11-13-14-15-16-18-19-21-23-25-30(33)35-28-29(27-32)36-31(34)26-24-22-20-17-12-10-8-6-4-2/h13-14,29,32H,3-12,15-28H2,1-2H3/b14-13+/t29-/m0/s1. The van der Waals surface area contributed by atoms with E-state index in [1.54, 1.807) is 0 Å². The van der Waals surface area contributed by atoms with Crippen LogP contribution in [0, 0.1) is 0 Å². The normalized spacial score (nSPS) is 12.2. The molecule has 212 valence electrons. The van der Waals surface area contributed by atoms with Crippen molar-refractivity contribution >= 4 is 11.9 Å². The van der Waals surface area contributed by atoms with Crippen molar-refractivity contribution in [2.75, 3.05) is 13.2 Å². The highest BCUT2D eigenvalue weighted by Crippen LogP contribution is 2.12. The third kappa shape index (κ3) is 25.7.